The Kier molecular flexibility index (Phi) is 22.0. The summed E-state index contributed by atoms with van der Waals surface area (Å²) in [7, 11) is 0. The standard InChI is InChI=1S/2C13H10.4C9H7.2ClH.2Hf/c2*1-3-7-12(8-4-1)11-13-9-5-2-6-10-13;4*1-2-5-9-7-3-6-8(9)4-1;;;;/h2*1-10H;4*1-7H;2*1H;;/q;;4*-1;;;2*+2. The normalized spacial score (nSPS) is 9.76. The van der Waals surface area contributed by atoms with Gasteiger partial charge in [-0.25, -0.2) is 0 Å². The fourth-order valence-corrected chi connectivity index (χ4v) is 9.43. The average molecular weight is 1220 g/mol. The molecule has 0 atom stereocenters. The molecule has 0 amide bonds. The largest absolute Gasteiger partial charge is 0.168 e. The minimum Gasteiger partial charge on any atom is -0.168 e. The minimum absolute atomic E-state index is 0. The first kappa shape index (κ1) is 51.2. The summed E-state index contributed by atoms with van der Waals surface area (Å²) in [5.74, 6) is 0. The molecule has 0 N–H and O–H groups in total. The van der Waals surface area contributed by atoms with Crippen molar-refractivity contribution in [1.82, 2.24) is 0 Å². The fourth-order valence-electron chi connectivity index (χ4n) is 7.03. The Bertz CT molecular complexity index is 2640. The first-order valence-corrected chi connectivity index (χ1v) is 25.0. The van der Waals surface area contributed by atoms with Gasteiger partial charge in [0.05, 0.1) is 0 Å². The van der Waals surface area contributed by atoms with Gasteiger partial charge in [-0.1, -0.05) is 24.3 Å². The molecule has 12 aromatic carbocycles. The summed E-state index contributed by atoms with van der Waals surface area (Å²) in [6.45, 7) is 0. The van der Waals surface area contributed by atoms with E-state index in [1.807, 2.05) is 0 Å². The predicted molar refractivity (Wildman–Crippen MR) is 285 cm³/mol. The van der Waals surface area contributed by atoms with Crippen LogP contribution in [0.1, 0.15) is 22.3 Å². The predicted octanol–water partition coefficient (Wildman–Crippen LogP) is 16.7. The summed E-state index contributed by atoms with van der Waals surface area (Å²) < 4.78 is 2.93. The van der Waals surface area contributed by atoms with Crippen LogP contribution in [0.5, 0.6) is 0 Å². The molecule has 4 heteroatoms. The van der Waals surface area contributed by atoms with Gasteiger partial charge in [-0.3, -0.25) is 0 Å². The second kappa shape index (κ2) is 28.3. The van der Waals surface area contributed by atoms with E-state index in [-0.39, 0.29) is 24.8 Å². The van der Waals surface area contributed by atoms with Gasteiger partial charge in [0.2, 0.25) is 0 Å². The average Bonchev–Trinajstić information content (AvgIpc) is 4.24. The van der Waals surface area contributed by atoms with Crippen LogP contribution in [-0.2, 0) is 47.8 Å². The maximum absolute atomic E-state index is 2.18. The van der Waals surface area contributed by atoms with Crippen molar-refractivity contribution in [2.45, 2.75) is 0 Å². The zero-order valence-corrected chi connectivity index (χ0v) is 45.3. The van der Waals surface area contributed by atoms with Gasteiger partial charge in [-0.05, 0) is 0 Å². The van der Waals surface area contributed by atoms with Crippen molar-refractivity contribution in [2.75, 3.05) is 0 Å². The summed E-state index contributed by atoms with van der Waals surface area (Å²) in [4.78, 5) is 0. The smallest absolute Gasteiger partial charge is 0.0809 e. The Morgan fingerprint density at radius 1 is 0.227 bits per heavy atom. The number of benzene rings is 8. The molecule has 0 spiro atoms. The molecule has 0 fully saturated rings. The second-order valence-electron chi connectivity index (χ2n) is 14.8. The van der Waals surface area contributed by atoms with E-state index >= 15 is 0 Å². The topological polar surface area (TPSA) is 0 Å². The Balaban J connectivity index is 0.000000149. The molecule has 0 aliphatic rings. The van der Waals surface area contributed by atoms with Crippen LogP contribution in [0.15, 0.2) is 291 Å². The van der Waals surface area contributed by atoms with Crippen molar-refractivity contribution in [1.29, 1.82) is 0 Å². The van der Waals surface area contributed by atoms with E-state index < -0.39 is 0 Å². The molecule has 0 unspecified atom stereocenters. The zero-order chi connectivity index (χ0) is 44.0. The van der Waals surface area contributed by atoms with Gasteiger partial charge in [0.1, 0.15) is 0 Å². The van der Waals surface area contributed by atoms with E-state index in [4.69, 9.17) is 0 Å². The third-order valence-electron chi connectivity index (χ3n) is 10.4. The minimum atomic E-state index is 0. The maximum Gasteiger partial charge on any atom is -0.0809 e. The van der Waals surface area contributed by atoms with E-state index in [9.17, 15) is 0 Å². The van der Waals surface area contributed by atoms with Gasteiger partial charge in [0, 0.05) is 0 Å². The number of halogens is 2. The van der Waals surface area contributed by atoms with Crippen molar-refractivity contribution in [3.05, 3.63) is 313 Å². The van der Waals surface area contributed by atoms with Crippen LogP contribution in [0.2, 0.25) is 0 Å². The van der Waals surface area contributed by atoms with Gasteiger partial charge >= 0.3 is 198 Å². The van der Waals surface area contributed by atoms with E-state index in [1.54, 1.807) is 0 Å². The Labute approximate surface area is 431 Å². The van der Waals surface area contributed by atoms with Crippen molar-refractivity contribution < 1.29 is 47.8 Å². The Morgan fingerprint density at radius 2 is 0.409 bits per heavy atom. The summed E-state index contributed by atoms with van der Waals surface area (Å²) in [6.07, 6.45) is 0. The molecule has 320 valence electrons. The first-order valence-electron chi connectivity index (χ1n) is 21.4. The fraction of sp³-hybridized carbons (Fsp3) is 0. The monoisotopic (exact) mass is 1220 g/mol. The van der Waals surface area contributed by atoms with Gasteiger partial charge in [-0.2, -0.15) is 70.1 Å². The molecule has 66 heavy (non-hydrogen) atoms. The van der Waals surface area contributed by atoms with Gasteiger partial charge in [-0.15, -0.1) is 143 Å². The van der Waals surface area contributed by atoms with Crippen LogP contribution >= 0.6 is 24.8 Å². The molecule has 0 saturated heterocycles. The van der Waals surface area contributed by atoms with Crippen LogP contribution in [0.3, 0.4) is 0 Å². The molecule has 0 radical (unpaired) electrons. The molecule has 0 aliphatic heterocycles. The first-order chi connectivity index (χ1) is 31.6. The van der Waals surface area contributed by atoms with E-state index in [2.05, 4.69) is 291 Å². The SMILES string of the molecule is Cl.Cl.[Hf+2]=[C](c1ccccc1)c1ccccc1.[Hf+2]=[C](c1ccccc1)c1ccccc1.c1ccc2[cH-]ccc2c1.c1ccc2[cH-]ccc2c1.c1ccc2[cH-]ccc2c1.c1ccc2[cH-]ccc2c1. The number of hydrogen-bond acceptors (Lipinski definition) is 0. The molecule has 0 saturated carbocycles. The quantitative estimate of drug-likeness (QED) is 0.122. The van der Waals surface area contributed by atoms with Crippen LogP contribution in [0, 0.1) is 0 Å². The molecular weight excluding hydrogens is 1170 g/mol. The molecule has 0 heterocycles. The molecule has 0 bridgehead atoms. The van der Waals surface area contributed by atoms with Crippen molar-refractivity contribution in [3.8, 4) is 0 Å². The third kappa shape index (κ3) is 15.7. The Morgan fingerprint density at radius 3 is 0.606 bits per heavy atom. The maximum atomic E-state index is 2.18. The second-order valence-corrected chi connectivity index (χ2v) is 18.4. The van der Waals surface area contributed by atoms with E-state index in [0.717, 1.165) is 47.8 Å². The molecule has 12 rings (SSSR count). The van der Waals surface area contributed by atoms with Crippen LogP contribution in [0.4, 0.5) is 0 Å². The summed E-state index contributed by atoms with van der Waals surface area (Å²) >= 11 is 2.16. The summed E-state index contributed by atoms with van der Waals surface area (Å²) in [5.41, 5.74) is 5.41. The Hall–Kier alpha value is -5.74. The van der Waals surface area contributed by atoms with Crippen LogP contribution < -0.4 is 0 Å². The number of rotatable bonds is 4. The van der Waals surface area contributed by atoms with Crippen LogP contribution in [0.25, 0.3) is 43.1 Å². The van der Waals surface area contributed by atoms with Crippen molar-refractivity contribution in [3.63, 3.8) is 0 Å². The van der Waals surface area contributed by atoms with E-state index in [1.165, 1.54) is 71.9 Å². The molecule has 0 nitrogen and oxygen atoms in total. The zero-order valence-electron chi connectivity index (χ0n) is 36.5. The van der Waals surface area contributed by atoms with Crippen LogP contribution in [-0.4, -0.2) is 6.51 Å². The third-order valence-corrected chi connectivity index (χ3v) is 14.6. The molecular formula is C62H50Cl2Hf2. The summed E-state index contributed by atoms with van der Waals surface area (Å²) in [6, 6.07) is 101. The summed E-state index contributed by atoms with van der Waals surface area (Å²) in [5, 5.41) is 10.6. The molecule has 12 aromatic rings. The van der Waals surface area contributed by atoms with Crippen molar-refractivity contribution >= 4 is 74.4 Å². The van der Waals surface area contributed by atoms with Gasteiger partial charge in [0.25, 0.3) is 0 Å². The number of hydrogen-bond donors (Lipinski definition) is 0. The van der Waals surface area contributed by atoms with E-state index in [0.29, 0.717) is 0 Å². The number of fused-ring (bicyclic) bond motifs is 4. The van der Waals surface area contributed by atoms with Gasteiger partial charge < -0.3 is 0 Å². The molecule has 0 aromatic heterocycles. The molecule has 0 aliphatic carbocycles. The van der Waals surface area contributed by atoms with Crippen molar-refractivity contribution in [2.24, 2.45) is 0 Å². The van der Waals surface area contributed by atoms with Gasteiger partial charge in [0.15, 0.2) is 0 Å².